The van der Waals surface area contributed by atoms with Crippen LogP contribution in [0.2, 0.25) is 0 Å². The minimum atomic E-state index is -0.629. The van der Waals surface area contributed by atoms with E-state index >= 15 is 0 Å². The van der Waals surface area contributed by atoms with Crippen LogP contribution >= 0.6 is 0 Å². The Balaban J connectivity index is 1.37. The summed E-state index contributed by atoms with van der Waals surface area (Å²) in [5.41, 5.74) is 4.73. The Bertz CT molecular complexity index is 2190. The van der Waals surface area contributed by atoms with E-state index in [1.54, 1.807) is 19.2 Å². The van der Waals surface area contributed by atoms with Crippen LogP contribution in [-0.4, -0.2) is 75.6 Å². The first-order chi connectivity index (χ1) is 25.6. The highest BCUT2D eigenvalue weighted by Gasteiger charge is 2.28. The molecule has 0 unspecified atom stereocenters. The molecule has 1 aliphatic heterocycles. The highest BCUT2D eigenvalue weighted by atomic mass is 16.6. The number of aromatic nitrogens is 3. The molecule has 54 heavy (non-hydrogen) atoms. The molecule has 6 rings (SSSR count). The van der Waals surface area contributed by atoms with E-state index < -0.39 is 17.2 Å². The van der Waals surface area contributed by atoms with E-state index in [9.17, 15) is 14.4 Å². The van der Waals surface area contributed by atoms with Crippen LogP contribution in [0.15, 0.2) is 60.7 Å². The van der Waals surface area contributed by atoms with Crippen molar-refractivity contribution in [2.24, 2.45) is 13.0 Å². The van der Waals surface area contributed by atoms with Crippen LogP contribution in [0, 0.1) is 5.92 Å². The Morgan fingerprint density at radius 1 is 0.852 bits per heavy atom. The predicted molar refractivity (Wildman–Crippen MR) is 210 cm³/mol. The second-order valence-electron chi connectivity index (χ2n) is 16.1. The number of aryl methyl sites for hydroxylation is 2. The number of carbonyl (C=O) groups is 3. The lowest BCUT2D eigenvalue weighted by molar-refractivity contribution is 0.00690. The molecule has 1 saturated heterocycles. The first kappa shape index (κ1) is 38.4. The third kappa shape index (κ3) is 8.25. The lowest BCUT2D eigenvalue weighted by atomic mass is 9.92. The molecule has 0 aliphatic carbocycles. The predicted octanol–water partition coefficient (Wildman–Crippen LogP) is 9.04. The van der Waals surface area contributed by atoms with Gasteiger partial charge in [-0.3, -0.25) is 0 Å². The van der Waals surface area contributed by atoms with Gasteiger partial charge in [-0.1, -0.05) is 30.3 Å². The van der Waals surface area contributed by atoms with Crippen LogP contribution in [0.5, 0.6) is 5.75 Å². The molecule has 11 nitrogen and oxygen atoms in total. The van der Waals surface area contributed by atoms with Gasteiger partial charge in [-0.25, -0.2) is 19.4 Å². The fraction of sp³-hybridized carbons (Fsp3) is 0.442. The van der Waals surface area contributed by atoms with Gasteiger partial charge in [0, 0.05) is 37.6 Å². The number of ether oxygens (including phenoxy) is 4. The molecule has 0 radical (unpaired) electrons. The molecule has 11 heteroatoms. The maximum Gasteiger partial charge on any atom is 0.410 e. The summed E-state index contributed by atoms with van der Waals surface area (Å²) in [5.74, 6) is 0.903. The number of carbonyl (C=O) groups excluding carboxylic acids is 3. The Hall–Kier alpha value is -5.32. The van der Waals surface area contributed by atoms with Crippen molar-refractivity contribution < 1.29 is 33.3 Å². The molecule has 0 atom stereocenters. The van der Waals surface area contributed by atoms with Crippen molar-refractivity contribution in [1.82, 2.24) is 19.0 Å². The van der Waals surface area contributed by atoms with E-state index in [0.29, 0.717) is 41.4 Å². The van der Waals surface area contributed by atoms with Gasteiger partial charge in [0.25, 0.3) is 0 Å². The highest BCUT2D eigenvalue weighted by molar-refractivity contribution is 6.00. The van der Waals surface area contributed by atoms with Crippen molar-refractivity contribution in [3.8, 4) is 28.4 Å². The first-order valence-corrected chi connectivity index (χ1v) is 18.6. The van der Waals surface area contributed by atoms with Gasteiger partial charge in [0.05, 0.1) is 36.6 Å². The van der Waals surface area contributed by atoms with E-state index in [1.165, 1.54) is 7.11 Å². The van der Waals surface area contributed by atoms with E-state index in [1.807, 2.05) is 88.4 Å². The van der Waals surface area contributed by atoms with Gasteiger partial charge in [0.2, 0.25) is 0 Å². The minimum Gasteiger partial charge on any atom is -0.494 e. The number of methoxy groups -OCH3 is 2. The number of esters is 2. The molecule has 0 bridgehead atoms. The van der Waals surface area contributed by atoms with E-state index in [4.69, 9.17) is 23.9 Å². The van der Waals surface area contributed by atoms with Gasteiger partial charge in [0.1, 0.15) is 22.5 Å². The number of benzene rings is 3. The zero-order chi connectivity index (χ0) is 38.9. The quantitative estimate of drug-likeness (QED) is 0.109. The Kier molecular flexibility index (Phi) is 10.8. The lowest BCUT2D eigenvalue weighted by Gasteiger charge is -2.33. The normalized spacial score (nSPS) is 14.1. The van der Waals surface area contributed by atoms with Crippen molar-refractivity contribution in [1.29, 1.82) is 0 Å². The molecule has 0 N–H and O–H groups in total. The number of nitrogens with zero attached hydrogens (tertiary/aromatic N) is 4. The van der Waals surface area contributed by atoms with Gasteiger partial charge in [0.15, 0.2) is 5.82 Å². The summed E-state index contributed by atoms with van der Waals surface area (Å²) in [6.45, 7) is 13.4. The molecule has 1 amide bonds. The fourth-order valence-corrected chi connectivity index (χ4v) is 7.29. The number of rotatable bonds is 9. The second-order valence-corrected chi connectivity index (χ2v) is 16.1. The van der Waals surface area contributed by atoms with E-state index in [2.05, 4.69) is 22.8 Å². The summed E-state index contributed by atoms with van der Waals surface area (Å²) in [7, 11) is 4.88. The minimum absolute atomic E-state index is 0.244. The maximum atomic E-state index is 13.3. The maximum absolute atomic E-state index is 13.3. The van der Waals surface area contributed by atoms with Crippen molar-refractivity contribution in [2.45, 2.75) is 85.0 Å². The van der Waals surface area contributed by atoms with Crippen molar-refractivity contribution >= 4 is 40.0 Å². The largest absolute Gasteiger partial charge is 0.494 e. The SMILES string of the molecule is COC(=O)c1cc(OC)c2c(c1)nc(-c1cc3ccc(-c4ccccc4C(=O)OC(C)(C)C)cc3n1CCCC1CCN(C(=O)OC(C)(C)C)CC1)n2C. The highest BCUT2D eigenvalue weighted by Crippen LogP contribution is 2.37. The monoisotopic (exact) mass is 736 g/mol. The molecule has 3 heterocycles. The van der Waals surface area contributed by atoms with Crippen LogP contribution < -0.4 is 4.74 Å². The summed E-state index contributed by atoms with van der Waals surface area (Å²) in [5, 5.41) is 1.03. The number of piperidine rings is 1. The van der Waals surface area contributed by atoms with Crippen molar-refractivity contribution in [3.63, 3.8) is 0 Å². The number of amides is 1. The van der Waals surface area contributed by atoms with Gasteiger partial charge >= 0.3 is 18.0 Å². The summed E-state index contributed by atoms with van der Waals surface area (Å²) in [4.78, 5) is 45.4. The topological polar surface area (TPSA) is 114 Å². The summed E-state index contributed by atoms with van der Waals surface area (Å²) in [6.07, 6.45) is 3.52. The molecule has 0 saturated carbocycles. The van der Waals surface area contributed by atoms with Crippen LogP contribution in [0.25, 0.3) is 44.6 Å². The third-order valence-electron chi connectivity index (χ3n) is 9.83. The summed E-state index contributed by atoms with van der Waals surface area (Å²) < 4.78 is 26.4. The van der Waals surface area contributed by atoms with Crippen LogP contribution in [-0.2, 0) is 27.8 Å². The van der Waals surface area contributed by atoms with Gasteiger partial charge in [-0.05, 0) is 115 Å². The molecule has 5 aromatic rings. The molecule has 3 aromatic carbocycles. The lowest BCUT2D eigenvalue weighted by Crippen LogP contribution is -2.41. The Morgan fingerprint density at radius 3 is 2.22 bits per heavy atom. The molecule has 286 valence electrons. The zero-order valence-electron chi connectivity index (χ0n) is 32.9. The van der Waals surface area contributed by atoms with E-state index in [-0.39, 0.29) is 12.1 Å². The fourth-order valence-electron chi connectivity index (χ4n) is 7.29. The number of hydrogen-bond acceptors (Lipinski definition) is 8. The average molecular weight is 737 g/mol. The number of hydrogen-bond donors (Lipinski definition) is 0. The van der Waals surface area contributed by atoms with Crippen LogP contribution in [0.3, 0.4) is 0 Å². The molecule has 2 aromatic heterocycles. The van der Waals surface area contributed by atoms with Crippen molar-refractivity contribution in [3.05, 3.63) is 71.8 Å². The molecular weight excluding hydrogens is 684 g/mol. The Morgan fingerprint density at radius 2 is 1.56 bits per heavy atom. The third-order valence-corrected chi connectivity index (χ3v) is 9.83. The standard InChI is InChI=1S/C43H52N4O7/c1-42(2,3)53-40(49)32-15-11-10-14-31(32)28-16-17-29-25-35(38-44-33-23-30(39(48)52-9)26-36(51-8)37(33)45(38)7)47(34(29)24-28)20-12-13-27-18-21-46(22-19-27)41(50)54-43(4,5)6/h10-11,14-17,23-27H,12-13,18-22H2,1-9H3. The van der Waals surface area contributed by atoms with Crippen LogP contribution in [0.1, 0.15) is 87.9 Å². The average Bonchev–Trinajstić information content (AvgIpc) is 3.65. The summed E-state index contributed by atoms with van der Waals surface area (Å²) in [6, 6.07) is 19.4. The number of likely N-dealkylation sites (tertiary alicyclic amines) is 1. The smallest absolute Gasteiger partial charge is 0.410 e. The zero-order valence-corrected chi connectivity index (χ0v) is 32.9. The van der Waals surface area contributed by atoms with Gasteiger partial charge in [-0.15, -0.1) is 0 Å². The van der Waals surface area contributed by atoms with Gasteiger partial charge < -0.3 is 33.0 Å². The molecular formula is C43H52N4O7. The Labute approximate surface area is 317 Å². The number of fused-ring (bicyclic) bond motifs is 2. The molecule has 0 spiro atoms. The van der Waals surface area contributed by atoms with Crippen LogP contribution in [0.4, 0.5) is 4.79 Å². The summed E-state index contributed by atoms with van der Waals surface area (Å²) >= 11 is 0. The second kappa shape index (κ2) is 15.2. The van der Waals surface area contributed by atoms with E-state index in [0.717, 1.165) is 71.3 Å². The molecule has 1 aliphatic rings. The van der Waals surface area contributed by atoms with Crippen molar-refractivity contribution in [2.75, 3.05) is 27.3 Å². The van der Waals surface area contributed by atoms with Gasteiger partial charge in [-0.2, -0.15) is 0 Å². The number of imidazole rings is 1. The molecule has 1 fully saturated rings. The first-order valence-electron chi connectivity index (χ1n) is 18.6.